The van der Waals surface area contributed by atoms with Gasteiger partial charge in [-0.3, -0.25) is 57.5 Å². The van der Waals surface area contributed by atoms with Gasteiger partial charge in [0.2, 0.25) is 0 Å². The molecule has 0 aliphatic carbocycles. The maximum atomic E-state index is 13.2. The van der Waals surface area contributed by atoms with Crippen molar-refractivity contribution in [3.8, 4) is 0 Å². The first kappa shape index (κ1) is 90.8. The van der Waals surface area contributed by atoms with E-state index in [9.17, 15) is 39.6 Å². The van der Waals surface area contributed by atoms with Crippen LogP contribution < -0.4 is 5.73 Å². The van der Waals surface area contributed by atoms with Crippen molar-refractivity contribution in [1.82, 2.24) is 78.3 Å². The molecule has 0 radical (unpaired) electrons. The van der Waals surface area contributed by atoms with Gasteiger partial charge in [0.25, 0.3) is 23.6 Å². The number of hydrogen-bond acceptors (Lipinski definition) is 17. The van der Waals surface area contributed by atoms with Crippen LogP contribution in [0.15, 0.2) is 224 Å². The molecule has 4 amide bonds. The molecule has 8 aliphatic rings. The van der Waals surface area contributed by atoms with Crippen LogP contribution >= 0.6 is 15.9 Å². The molecule has 4 aromatic heterocycles. The van der Waals surface area contributed by atoms with Crippen molar-refractivity contribution in [3.63, 3.8) is 0 Å². The molecule has 129 heavy (non-hydrogen) atoms. The van der Waals surface area contributed by atoms with Crippen LogP contribution in [0.4, 0.5) is 5.69 Å². The highest BCUT2D eigenvalue weighted by Crippen LogP contribution is 2.31. The molecule has 0 saturated carbocycles. The van der Waals surface area contributed by atoms with E-state index in [2.05, 4.69) is 189 Å². The van der Waals surface area contributed by atoms with Crippen molar-refractivity contribution < 1.29 is 39.6 Å². The summed E-state index contributed by atoms with van der Waals surface area (Å²) < 4.78 is 7.96. The van der Waals surface area contributed by atoms with Crippen molar-refractivity contribution in [2.45, 2.75) is 121 Å². The zero-order valence-corrected chi connectivity index (χ0v) is 76.1. The first-order chi connectivity index (χ1) is 62.5. The zero-order valence-electron chi connectivity index (χ0n) is 74.5. The number of fused-ring (bicyclic) bond motifs is 8. The van der Waals surface area contributed by atoms with E-state index in [1.54, 1.807) is 36.0 Å². The highest BCUT2D eigenvalue weighted by atomic mass is 79.9. The highest BCUT2D eigenvalue weighted by molar-refractivity contribution is 9.10. The highest BCUT2D eigenvalue weighted by Gasteiger charge is 2.34. The van der Waals surface area contributed by atoms with E-state index in [1.807, 2.05) is 116 Å². The molecule has 20 rings (SSSR count). The third-order valence-corrected chi connectivity index (χ3v) is 26.4. The van der Waals surface area contributed by atoms with Gasteiger partial charge in [-0.05, 0) is 182 Å². The fourth-order valence-electron chi connectivity index (χ4n) is 19.3. The van der Waals surface area contributed by atoms with E-state index in [4.69, 9.17) is 5.73 Å². The van der Waals surface area contributed by atoms with Gasteiger partial charge >= 0.3 is 0 Å². The Kier molecular flexibility index (Phi) is 29.8. The van der Waals surface area contributed by atoms with Gasteiger partial charge < -0.3 is 45.8 Å². The number of halogens is 1. The van der Waals surface area contributed by atoms with Crippen molar-refractivity contribution in [2.75, 3.05) is 110 Å². The summed E-state index contributed by atoms with van der Waals surface area (Å²) in [5.74, 6) is 0.113. The summed E-state index contributed by atoms with van der Waals surface area (Å²) in [6.45, 7) is 13.8. The fraction of sp³-hybridized carbons (Fsp3) is 0.379. The third-order valence-electron chi connectivity index (χ3n) is 25.9. The number of nitrogen functional groups attached to an aromatic ring is 1. The number of anilines is 1. The number of carbonyl (C=O) groups excluding carboxylic acids is 4. The minimum absolute atomic E-state index is 0.0237. The summed E-state index contributed by atoms with van der Waals surface area (Å²) in [4.78, 5) is 68.8. The van der Waals surface area contributed by atoms with Gasteiger partial charge in [0.05, 0.1) is 54.9 Å². The molecular weight excluding hydrogens is 1680 g/mol. The van der Waals surface area contributed by atoms with Gasteiger partial charge in [-0.2, -0.15) is 20.4 Å². The second-order valence-corrected chi connectivity index (χ2v) is 36.9. The molecule has 4 atom stereocenters. The van der Waals surface area contributed by atoms with Crippen LogP contribution in [0.5, 0.6) is 0 Å². The summed E-state index contributed by atoms with van der Waals surface area (Å²) in [5, 5.41) is 59.4. The predicted octanol–water partition coefficient (Wildman–Crippen LogP) is 10.2. The molecule has 0 fully saturated rings. The molecule has 672 valence electrons. The number of aromatic nitrogens is 8. The Hall–Kier alpha value is -11.6. The first-order valence-corrected chi connectivity index (χ1v) is 46.2. The van der Waals surface area contributed by atoms with E-state index in [0.29, 0.717) is 84.2 Å². The van der Waals surface area contributed by atoms with E-state index >= 15 is 0 Å². The number of nitrogens with zero attached hydrogens (tertiary/aromatic N) is 16. The number of carbonyl (C=O) groups is 4. The summed E-state index contributed by atoms with van der Waals surface area (Å²) in [6.07, 6.45) is 22.4. The Balaban J connectivity index is 0.000000123. The number of aliphatic hydroxyl groups is 4. The standard InChI is InChI=1S/3C26H30N4O2.C21H23BrN2O2.C4H7N3/c3*1-28-15-20(14-27-28)12-19-6-7-22-9-11-30(26(32)25(22)13-19)18-24(31)17-29-10-8-21-4-2-3-5-23(21)16-29;22-18-6-5-16-8-10-24(21(26)20(16)11-18)14-19(25)13-23-9-7-15-3-1-2-4-17(15)12-23;1-7-3-4(5)2-6-7/h3*2-7,13-15,24,31H,8-12,16-18H2,1H3;1-6,11,19,25H,7-10,12-14H2;2-3H,5H2,1H3/t2*24-;;;/m10.../s1. The topological polar surface area (TPSA) is 272 Å². The van der Waals surface area contributed by atoms with Gasteiger partial charge in [-0.15, -0.1) is 0 Å². The lowest BCUT2D eigenvalue weighted by Crippen LogP contribution is -2.46. The van der Waals surface area contributed by atoms with Gasteiger partial charge in [0.1, 0.15) is 0 Å². The molecule has 8 aliphatic heterocycles. The van der Waals surface area contributed by atoms with Gasteiger partial charge in [-0.25, -0.2) is 0 Å². The maximum absolute atomic E-state index is 13.2. The number of benzene rings is 8. The van der Waals surface area contributed by atoms with Gasteiger partial charge in [0, 0.05) is 230 Å². The van der Waals surface area contributed by atoms with Crippen molar-refractivity contribution in [3.05, 3.63) is 346 Å². The Morgan fingerprint density at radius 1 is 0.295 bits per heavy atom. The fourth-order valence-corrected chi connectivity index (χ4v) is 19.7. The molecule has 2 unspecified atom stereocenters. The average Bonchev–Trinajstić information content (AvgIpc) is 0.917. The lowest BCUT2D eigenvalue weighted by atomic mass is 9.94. The summed E-state index contributed by atoms with van der Waals surface area (Å²) in [5.41, 5.74) is 31.2. The number of nitrogens with two attached hydrogens (primary N) is 1. The van der Waals surface area contributed by atoms with Crippen LogP contribution in [-0.2, 0) is 125 Å². The number of aryl methyl sites for hydroxylation is 4. The average molecular weight is 1800 g/mol. The van der Waals surface area contributed by atoms with Gasteiger partial charge in [-0.1, -0.05) is 155 Å². The lowest BCUT2D eigenvalue weighted by molar-refractivity contribution is 0.0491. The normalized spacial score (nSPS) is 17.0. The lowest BCUT2D eigenvalue weighted by Gasteiger charge is -2.34. The Labute approximate surface area is 764 Å². The predicted molar refractivity (Wildman–Crippen MR) is 503 cm³/mol. The summed E-state index contributed by atoms with van der Waals surface area (Å²) in [7, 11) is 7.56. The van der Waals surface area contributed by atoms with E-state index in [0.717, 1.165) is 205 Å². The molecule has 0 saturated heterocycles. The van der Waals surface area contributed by atoms with Crippen LogP contribution in [0, 0.1) is 0 Å². The van der Waals surface area contributed by atoms with Crippen LogP contribution in [0.1, 0.15) is 142 Å². The molecule has 8 aromatic carbocycles. The maximum Gasteiger partial charge on any atom is 0.254 e. The summed E-state index contributed by atoms with van der Waals surface area (Å²) >= 11 is 3.44. The number of hydrogen-bond donors (Lipinski definition) is 5. The molecule has 12 heterocycles. The first-order valence-electron chi connectivity index (χ1n) is 45.4. The quantitative estimate of drug-likeness (QED) is 0.0422. The van der Waals surface area contributed by atoms with Crippen LogP contribution in [0.25, 0.3) is 0 Å². The van der Waals surface area contributed by atoms with Crippen LogP contribution in [0.3, 0.4) is 0 Å². The number of amides is 4. The second-order valence-electron chi connectivity index (χ2n) is 36.0. The zero-order chi connectivity index (χ0) is 89.6. The van der Waals surface area contributed by atoms with Crippen LogP contribution in [0.2, 0.25) is 0 Å². The molecule has 6 N–H and O–H groups in total. The smallest absolute Gasteiger partial charge is 0.254 e. The molecule has 0 bridgehead atoms. The minimum atomic E-state index is -0.552. The second kappa shape index (κ2) is 42.3. The molecule has 25 nitrogen and oxygen atoms in total. The van der Waals surface area contributed by atoms with Crippen LogP contribution in [-0.4, -0.2) is 252 Å². The molecule has 26 heteroatoms. The SMILES string of the molecule is Cn1cc(Cc2ccc3c(c2)C(=O)N(CC(O)CN2CCc4ccccc4C2)CC3)cn1.Cn1cc(Cc2ccc3c(c2)C(=O)N(C[C@@H](O)CN2CCc4ccccc4C2)CC3)cn1.Cn1cc(Cc2ccc3c(c2)C(=O)N(C[C@H](O)CN2CCc4ccccc4C2)CC3)cn1.Cn1cc(N)cn1.O=C1c2cc(Br)ccc2CCN1CC(O)CN1CCc2ccccc2C1. The van der Waals surface area contributed by atoms with Crippen molar-refractivity contribution >= 4 is 45.2 Å². The Morgan fingerprint density at radius 2 is 0.543 bits per heavy atom. The summed E-state index contributed by atoms with van der Waals surface area (Å²) in [6, 6.07) is 58.6. The van der Waals surface area contributed by atoms with E-state index in [-0.39, 0.29) is 23.6 Å². The minimum Gasteiger partial charge on any atom is -0.396 e. The number of β-amino-alcohol motifs (C(OH)–C–C–N with tert-alkyl or cyclic N) is 4. The monoisotopic (exact) mass is 1800 g/mol. The third kappa shape index (κ3) is 23.9. The Bertz CT molecular complexity index is 5460. The van der Waals surface area contributed by atoms with Crippen molar-refractivity contribution in [2.24, 2.45) is 28.2 Å². The number of aliphatic hydroxyl groups excluding tert-OH is 4. The molecular formula is C103H120BrN17O8. The van der Waals surface area contributed by atoms with Gasteiger partial charge in [0.15, 0.2) is 0 Å². The largest absolute Gasteiger partial charge is 0.396 e. The molecule has 0 spiro atoms. The van der Waals surface area contributed by atoms with E-state index in [1.165, 1.54) is 44.5 Å². The number of rotatable bonds is 22. The van der Waals surface area contributed by atoms with E-state index < -0.39 is 24.4 Å². The Morgan fingerprint density at radius 3 is 0.791 bits per heavy atom. The molecule has 12 aromatic rings. The van der Waals surface area contributed by atoms with Crippen molar-refractivity contribution in [1.29, 1.82) is 0 Å².